The van der Waals surface area contributed by atoms with E-state index < -0.39 is 0 Å². The summed E-state index contributed by atoms with van der Waals surface area (Å²) >= 11 is 0. The number of pyridine rings is 1. The molecular formula is C20H25N3O3. The van der Waals surface area contributed by atoms with Gasteiger partial charge in [0.1, 0.15) is 11.4 Å². The van der Waals surface area contributed by atoms with Crippen LogP contribution in [0.1, 0.15) is 29.8 Å². The van der Waals surface area contributed by atoms with Crippen LogP contribution in [0, 0.1) is 0 Å². The number of rotatable bonds is 6. The van der Waals surface area contributed by atoms with Crippen molar-refractivity contribution in [1.29, 1.82) is 0 Å². The maximum absolute atomic E-state index is 12.2. The maximum Gasteiger partial charge on any atom is 0.342 e. The molecule has 0 spiro atoms. The first-order chi connectivity index (χ1) is 12.6. The van der Waals surface area contributed by atoms with Crippen LogP contribution in [0.15, 0.2) is 42.6 Å². The molecule has 3 rings (SSSR count). The Labute approximate surface area is 154 Å². The zero-order chi connectivity index (χ0) is 18.4. The minimum absolute atomic E-state index is 0.164. The molecule has 2 heterocycles. The van der Waals surface area contributed by atoms with Crippen molar-refractivity contribution in [3.63, 3.8) is 0 Å². The van der Waals surface area contributed by atoms with Crippen molar-refractivity contribution in [2.75, 3.05) is 36.5 Å². The summed E-state index contributed by atoms with van der Waals surface area (Å²) < 4.78 is 10.7. The highest BCUT2D eigenvalue weighted by Gasteiger charge is 2.15. The third-order valence-corrected chi connectivity index (χ3v) is 4.14. The molecule has 1 aliphatic heterocycles. The van der Waals surface area contributed by atoms with Gasteiger partial charge in [0.25, 0.3) is 0 Å². The van der Waals surface area contributed by atoms with Crippen molar-refractivity contribution in [1.82, 2.24) is 4.98 Å². The first kappa shape index (κ1) is 18.2. The Morgan fingerprint density at radius 2 is 1.96 bits per heavy atom. The number of nitrogens with one attached hydrogen (secondary N) is 1. The number of morpholine rings is 1. The van der Waals surface area contributed by atoms with Crippen LogP contribution in [0.4, 0.5) is 11.5 Å². The second-order valence-corrected chi connectivity index (χ2v) is 6.47. The summed E-state index contributed by atoms with van der Waals surface area (Å²) in [7, 11) is 0. The number of benzene rings is 1. The van der Waals surface area contributed by atoms with Gasteiger partial charge in [-0.25, -0.2) is 9.78 Å². The van der Waals surface area contributed by atoms with Crippen molar-refractivity contribution in [2.45, 2.75) is 26.5 Å². The van der Waals surface area contributed by atoms with Gasteiger partial charge in [0.05, 0.1) is 19.3 Å². The highest BCUT2D eigenvalue weighted by Crippen LogP contribution is 2.19. The minimum atomic E-state index is -0.363. The number of hydrogen-bond acceptors (Lipinski definition) is 6. The second-order valence-electron chi connectivity index (χ2n) is 6.47. The van der Waals surface area contributed by atoms with Gasteiger partial charge in [0.2, 0.25) is 0 Å². The first-order valence-electron chi connectivity index (χ1n) is 8.95. The van der Waals surface area contributed by atoms with E-state index in [4.69, 9.17) is 9.47 Å². The lowest BCUT2D eigenvalue weighted by Crippen LogP contribution is -2.36. The Morgan fingerprint density at radius 1 is 1.23 bits per heavy atom. The van der Waals surface area contributed by atoms with Gasteiger partial charge in [0, 0.05) is 31.5 Å². The third kappa shape index (κ3) is 4.73. The van der Waals surface area contributed by atoms with E-state index in [0.717, 1.165) is 31.9 Å². The molecule has 0 saturated carbocycles. The van der Waals surface area contributed by atoms with E-state index >= 15 is 0 Å². The van der Waals surface area contributed by atoms with Gasteiger partial charge in [-0.1, -0.05) is 12.1 Å². The van der Waals surface area contributed by atoms with E-state index in [9.17, 15) is 4.79 Å². The molecule has 0 unspecified atom stereocenters. The summed E-state index contributed by atoms with van der Waals surface area (Å²) in [4.78, 5) is 18.8. The SMILES string of the molecule is CC(C)OC(=O)c1cccnc1NCc1ccc(N2CCOCC2)cc1. The molecule has 1 aromatic carbocycles. The zero-order valence-electron chi connectivity index (χ0n) is 15.3. The monoisotopic (exact) mass is 355 g/mol. The molecule has 0 radical (unpaired) electrons. The summed E-state index contributed by atoms with van der Waals surface area (Å²) in [5.41, 5.74) is 2.78. The van der Waals surface area contributed by atoms with Gasteiger partial charge < -0.3 is 19.7 Å². The van der Waals surface area contributed by atoms with Crippen LogP contribution in [0.25, 0.3) is 0 Å². The topological polar surface area (TPSA) is 63.7 Å². The van der Waals surface area contributed by atoms with E-state index in [0.29, 0.717) is 17.9 Å². The average molecular weight is 355 g/mol. The molecular weight excluding hydrogens is 330 g/mol. The number of ether oxygens (including phenoxy) is 2. The summed E-state index contributed by atoms with van der Waals surface area (Å²) in [5, 5.41) is 3.24. The van der Waals surface area contributed by atoms with E-state index in [1.165, 1.54) is 5.69 Å². The van der Waals surface area contributed by atoms with Crippen molar-refractivity contribution < 1.29 is 14.3 Å². The largest absolute Gasteiger partial charge is 0.459 e. The van der Waals surface area contributed by atoms with Gasteiger partial charge in [-0.2, -0.15) is 0 Å². The Kier molecular flexibility index (Phi) is 6.07. The molecule has 0 bridgehead atoms. The Balaban J connectivity index is 1.63. The lowest BCUT2D eigenvalue weighted by Gasteiger charge is -2.28. The summed E-state index contributed by atoms with van der Waals surface area (Å²) in [5.74, 6) is 0.175. The molecule has 1 N–H and O–H groups in total. The van der Waals surface area contributed by atoms with Crippen molar-refractivity contribution in [2.24, 2.45) is 0 Å². The number of anilines is 2. The van der Waals surface area contributed by atoms with E-state index in [2.05, 4.69) is 39.5 Å². The lowest BCUT2D eigenvalue weighted by molar-refractivity contribution is 0.0378. The standard InChI is InChI=1S/C20H25N3O3/c1-15(2)26-20(24)18-4-3-9-21-19(18)22-14-16-5-7-17(8-6-16)23-10-12-25-13-11-23/h3-9,15H,10-14H2,1-2H3,(H,21,22). The number of hydrogen-bond donors (Lipinski definition) is 1. The van der Waals surface area contributed by atoms with Gasteiger partial charge >= 0.3 is 5.97 Å². The van der Waals surface area contributed by atoms with Crippen LogP contribution >= 0.6 is 0 Å². The number of carbonyl (C=O) groups excluding carboxylic acids is 1. The molecule has 1 aromatic heterocycles. The highest BCUT2D eigenvalue weighted by atomic mass is 16.5. The molecule has 0 atom stereocenters. The van der Waals surface area contributed by atoms with Crippen molar-refractivity contribution in [3.05, 3.63) is 53.7 Å². The normalized spacial score (nSPS) is 14.3. The van der Waals surface area contributed by atoms with Crippen LogP contribution in [0.3, 0.4) is 0 Å². The number of aromatic nitrogens is 1. The second kappa shape index (κ2) is 8.67. The van der Waals surface area contributed by atoms with Crippen LogP contribution in [-0.4, -0.2) is 43.4 Å². The van der Waals surface area contributed by atoms with Crippen molar-refractivity contribution >= 4 is 17.5 Å². The van der Waals surface area contributed by atoms with Crippen LogP contribution in [0.5, 0.6) is 0 Å². The molecule has 1 fully saturated rings. The molecule has 6 heteroatoms. The van der Waals surface area contributed by atoms with Gasteiger partial charge in [0.15, 0.2) is 0 Å². The van der Waals surface area contributed by atoms with Crippen LogP contribution in [0.2, 0.25) is 0 Å². The number of carbonyl (C=O) groups is 1. The molecule has 2 aromatic rings. The van der Waals surface area contributed by atoms with E-state index in [1.54, 1.807) is 18.3 Å². The first-order valence-corrected chi connectivity index (χ1v) is 8.95. The average Bonchev–Trinajstić information content (AvgIpc) is 2.67. The molecule has 6 nitrogen and oxygen atoms in total. The van der Waals surface area contributed by atoms with Crippen LogP contribution < -0.4 is 10.2 Å². The Bertz CT molecular complexity index is 725. The van der Waals surface area contributed by atoms with Crippen molar-refractivity contribution in [3.8, 4) is 0 Å². The fraction of sp³-hybridized carbons (Fsp3) is 0.400. The predicted molar refractivity (Wildman–Crippen MR) is 102 cm³/mol. The highest BCUT2D eigenvalue weighted by molar-refractivity contribution is 5.94. The molecule has 26 heavy (non-hydrogen) atoms. The summed E-state index contributed by atoms with van der Waals surface area (Å²) in [6, 6.07) is 11.9. The predicted octanol–water partition coefficient (Wildman–Crippen LogP) is 3.10. The van der Waals surface area contributed by atoms with Gasteiger partial charge in [-0.15, -0.1) is 0 Å². The number of esters is 1. The molecule has 1 saturated heterocycles. The molecule has 0 aliphatic carbocycles. The minimum Gasteiger partial charge on any atom is -0.459 e. The van der Waals surface area contributed by atoms with E-state index in [-0.39, 0.29) is 12.1 Å². The lowest BCUT2D eigenvalue weighted by atomic mass is 10.1. The molecule has 0 amide bonds. The van der Waals surface area contributed by atoms with E-state index in [1.807, 2.05) is 13.8 Å². The Hall–Kier alpha value is -2.60. The molecule has 138 valence electrons. The van der Waals surface area contributed by atoms with Gasteiger partial charge in [-0.05, 0) is 43.7 Å². The summed E-state index contributed by atoms with van der Waals surface area (Å²) in [6.07, 6.45) is 1.50. The van der Waals surface area contributed by atoms with Gasteiger partial charge in [-0.3, -0.25) is 0 Å². The zero-order valence-corrected chi connectivity index (χ0v) is 15.3. The fourth-order valence-corrected chi connectivity index (χ4v) is 2.82. The Morgan fingerprint density at radius 3 is 2.65 bits per heavy atom. The maximum atomic E-state index is 12.2. The fourth-order valence-electron chi connectivity index (χ4n) is 2.82. The third-order valence-electron chi connectivity index (χ3n) is 4.14. The van der Waals surface area contributed by atoms with Crippen LogP contribution in [-0.2, 0) is 16.0 Å². The summed E-state index contributed by atoms with van der Waals surface area (Å²) in [6.45, 7) is 7.65. The number of nitrogens with zero attached hydrogens (tertiary/aromatic N) is 2. The molecule has 1 aliphatic rings. The quantitative estimate of drug-likeness (QED) is 0.804. The smallest absolute Gasteiger partial charge is 0.342 e.